The fourth-order valence-corrected chi connectivity index (χ4v) is 2.98. The summed E-state index contributed by atoms with van der Waals surface area (Å²) in [6, 6.07) is 7.83. The molecule has 4 nitrogen and oxygen atoms in total. The van der Waals surface area contributed by atoms with Gasteiger partial charge < -0.3 is 14.9 Å². The summed E-state index contributed by atoms with van der Waals surface area (Å²) in [7, 11) is 0. The molecule has 2 N–H and O–H groups in total. The van der Waals surface area contributed by atoms with Crippen LogP contribution in [-0.2, 0) is 0 Å². The first kappa shape index (κ1) is 11.6. The van der Waals surface area contributed by atoms with Crippen molar-refractivity contribution in [1.29, 1.82) is 0 Å². The van der Waals surface area contributed by atoms with Crippen molar-refractivity contribution in [2.24, 2.45) is 5.73 Å². The Balaban J connectivity index is 1.80. The molecule has 0 radical (unpaired) electrons. The van der Waals surface area contributed by atoms with Gasteiger partial charge in [-0.15, -0.1) is 0 Å². The number of ether oxygens (including phenoxy) is 1. The standard InChI is InChI=1S/C13H14N2O2S/c1-8-6-17-13(15-8)18-11-7-16-10-5-3-2-4-9(10)12(11)14/h2-6,11-12H,7,14H2,1H3. The van der Waals surface area contributed by atoms with Crippen LogP contribution in [0.3, 0.4) is 0 Å². The molecule has 94 valence electrons. The van der Waals surface area contributed by atoms with Crippen LogP contribution in [0.1, 0.15) is 17.3 Å². The predicted octanol–water partition coefficient (Wildman–Crippen LogP) is 2.54. The minimum absolute atomic E-state index is 0.0628. The molecular formula is C13H14N2O2S. The molecule has 2 atom stereocenters. The third-order valence-electron chi connectivity index (χ3n) is 2.93. The van der Waals surface area contributed by atoms with Gasteiger partial charge in [-0.25, -0.2) is 4.98 Å². The second kappa shape index (κ2) is 4.66. The van der Waals surface area contributed by atoms with E-state index < -0.39 is 0 Å². The van der Waals surface area contributed by atoms with Crippen molar-refractivity contribution in [3.63, 3.8) is 0 Å². The molecule has 3 rings (SSSR count). The van der Waals surface area contributed by atoms with Gasteiger partial charge in [-0.2, -0.15) is 0 Å². The minimum Gasteiger partial charge on any atom is -0.492 e. The van der Waals surface area contributed by atoms with Crippen LogP contribution in [0.25, 0.3) is 0 Å². The molecule has 0 fully saturated rings. The molecule has 1 aliphatic heterocycles. The number of nitrogens with zero attached hydrogens (tertiary/aromatic N) is 1. The van der Waals surface area contributed by atoms with Gasteiger partial charge >= 0.3 is 0 Å². The van der Waals surface area contributed by atoms with Crippen molar-refractivity contribution in [1.82, 2.24) is 4.98 Å². The maximum atomic E-state index is 6.27. The van der Waals surface area contributed by atoms with Crippen LogP contribution >= 0.6 is 11.8 Å². The summed E-state index contributed by atoms with van der Waals surface area (Å²) >= 11 is 1.53. The summed E-state index contributed by atoms with van der Waals surface area (Å²) in [5.74, 6) is 0.880. The third kappa shape index (κ3) is 2.11. The number of thioether (sulfide) groups is 1. The van der Waals surface area contributed by atoms with Gasteiger partial charge in [0.25, 0.3) is 5.22 Å². The lowest BCUT2D eigenvalue weighted by Crippen LogP contribution is -2.33. The van der Waals surface area contributed by atoms with Gasteiger partial charge in [0.2, 0.25) is 0 Å². The SMILES string of the molecule is Cc1coc(SC2COc3ccccc3C2N)n1. The molecule has 18 heavy (non-hydrogen) atoms. The Morgan fingerprint density at radius 3 is 3.00 bits per heavy atom. The molecule has 0 aliphatic carbocycles. The van der Waals surface area contributed by atoms with Crippen molar-refractivity contribution in [2.75, 3.05) is 6.61 Å². The molecule has 1 aromatic heterocycles. The molecule has 1 aromatic carbocycles. The highest BCUT2D eigenvalue weighted by molar-refractivity contribution is 7.99. The molecule has 2 unspecified atom stereocenters. The highest BCUT2D eigenvalue weighted by Gasteiger charge is 2.29. The Morgan fingerprint density at radius 2 is 2.22 bits per heavy atom. The fraction of sp³-hybridized carbons (Fsp3) is 0.308. The summed E-state index contributed by atoms with van der Waals surface area (Å²) in [6.07, 6.45) is 1.64. The van der Waals surface area contributed by atoms with Crippen molar-refractivity contribution >= 4 is 11.8 Å². The van der Waals surface area contributed by atoms with E-state index in [0.29, 0.717) is 11.8 Å². The quantitative estimate of drug-likeness (QED) is 0.901. The Kier molecular flexibility index (Phi) is 3.01. The van der Waals surface area contributed by atoms with Crippen LogP contribution in [0.15, 0.2) is 40.2 Å². The third-order valence-corrected chi connectivity index (χ3v) is 4.05. The number of fused-ring (bicyclic) bond motifs is 1. The van der Waals surface area contributed by atoms with Gasteiger partial charge in [0.15, 0.2) is 0 Å². The monoisotopic (exact) mass is 262 g/mol. The number of aromatic nitrogens is 1. The first-order valence-corrected chi connectivity index (χ1v) is 6.68. The van der Waals surface area contributed by atoms with Gasteiger partial charge in [-0.3, -0.25) is 0 Å². The largest absolute Gasteiger partial charge is 0.492 e. The maximum Gasteiger partial charge on any atom is 0.256 e. The zero-order valence-corrected chi connectivity index (χ0v) is 10.8. The van der Waals surface area contributed by atoms with Crippen molar-refractivity contribution < 1.29 is 9.15 Å². The average Bonchev–Trinajstić information content (AvgIpc) is 2.79. The highest BCUT2D eigenvalue weighted by atomic mass is 32.2. The molecule has 0 amide bonds. The Morgan fingerprint density at radius 1 is 1.39 bits per heavy atom. The normalized spacial score (nSPS) is 22.3. The molecule has 5 heteroatoms. The Hall–Kier alpha value is -1.46. The number of aryl methyl sites for hydroxylation is 1. The number of benzene rings is 1. The average molecular weight is 262 g/mol. The molecule has 0 saturated carbocycles. The van der Waals surface area contributed by atoms with Gasteiger partial charge in [-0.05, 0) is 13.0 Å². The molecular weight excluding hydrogens is 248 g/mol. The second-order valence-corrected chi connectivity index (χ2v) is 5.48. The lowest BCUT2D eigenvalue weighted by molar-refractivity contribution is 0.275. The van der Waals surface area contributed by atoms with E-state index in [2.05, 4.69) is 4.98 Å². The van der Waals surface area contributed by atoms with Gasteiger partial charge in [0.05, 0.1) is 10.9 Å². The van der Waals surface area contributed by atoms with Gasteiger partial charge in [-0.1, -0.05) is 30.0 Å². The lowest BCUT2D eigenvalue weighted by atomic mass is 10.0. The molecule has 0 bridgehead atoms. The van der Waals surface area contributed by atoms with Crippen LogP contribution in [0, 0.1) is 6.92 Å². The number of oxazole rings is 1. The van der Waals surface area contributed by atoms with Crippen LogP contribution in [0.4, 0.5) is 0 Å². The summed E-state index contributed by atoms with van der Waals surface area (Å²) in [6.45, 7) is 2.48. The van der Waals surface area contributed by atoms with Crippen molar-refractivity contribution in [3.8, 4) is 5.75 Å². The first-order valence-electron chi connectivity index (χ1n) is 5.80. The molecule has 1 aliphatic rings. The molecule has 2 aromatic rings. The Labute approximate surface area is 110 Å². The van der Waals surface area contributed by atoms with Crippen molar-refractivity contribution in [3.05, 3.63) is 41.8 Å². The smallest absolute Gasteiger partial charge is 0.256 e. The van der Waals surface area contributed by atoms with E-state index in [-0.39, 0.29) is 11.3 Å². The number of rotatable bonds is 2. The van der Waals surface area contributed by atoms with Crippen LogP contribution in [-0.4, -0.2) is 16.8 Å². The topological polar surface area (TPSA) is 61.3 Å². The second-order valence-electron chi connectivity index (χ2n) is 4.29. The van der Waals surface area contributed by atoms with Crippen LogP contribution < -0.4 is 10.5 Å². The van der Waals surface area contributed by atoms with E-state index in [1.54, 1.807) is 6.26 Å². The van der Waals surface area contributed by atoms with E-state index >= 15 is 0 Å². The van der Waals surface area contributed by atoms with Crippen molar-refractivity contribution in [2.45, 2.75) is 23.4 Å². The van der Waals surface area contributed by atoms with Gasteiger partial charge in [0, 0.05) is 11.6 Å². The van der Waals surface area contributed by atoms with Crippen LogP contribution in [0.2, 0.25) is 0 Å². The summed E-state index contributed by atoms with van der Waals surface area (Å²) in [5.41, 5.74) is 8.20. The van der Waals surface area contributed by atoms with E-state index in [1.807, 2.05) is 31.2 Å². The first-order chi connectivity index (χ1) is 8.74. The predicted molar refractivity (Wildman–Crippen MR) is 69.8 cm³/mol. The fourth-order valence-electron chi connectivity index (χ4n) is 1.99. The number of para-hydroxylation sites is 1. The zero-order valence-electron chi connectivity index (χ0n) is 10.00. The zero-order chi connectivity index (χ0) is 12.5. The number of nitrogens with two attached hydrogens (primary N) is 1. The van der Waals surface area contributed by atoms with E-state index in [0.717, 1.165) is 17.0 Å². The van der Waals surface area contributed by atoms with E-state index in [9.17, 15) is 0 Å². The summed E-state index contributed by atoms with van der Waals surface area (Å²) in [5, 5.41) is 0.772. The lowest BCUT2D eigenvalue weighted by Gasteiger charge is -2.29. The Bertz CT molecular complexity index is 555. The number of hydrogen-bond donors (Lipinski definition) is 1. The van der Waals surface area contributed by atoms with E-state index in [4.69, 9.17) is 14.9 Å². The highest BCUT2D eigenvalue weighted by Crippen LogP contribution is 2.38. The number of hydrogen-bond acceptors (Lipinski definition) is 5. The molecule has 2 heterocycles. The van der Waals surface area contributed by atoms with Gasteiger partial charge in [0.1, 0.15) is 18.6 Å². The molecule has 0 saturated heterocycles. The summed E-state index contributed by atoms with van der Waals surface area (Å²) < 4.78 is 11.1. The van der Waals surface area contributed by atoms with E-state index in [1.165, 1.54) is 11.8 Å². The maximum absolute atomic E-state index is 6.27. The minimum atomic E-state index is -0.0628. The molecule has 0 spiro atoms. The summed E-state index contributed by atoms with van der Waals surface area (Å²) in [4.78, 5) is 4.28. The van der Waals surface area contributed by atoms with Crippen LogP contribution in [0.5, 0.6) is 5.75 Å².